The van der Waals surface area contributed by atoms with Crippen LogP contribution in [-0.2, 0) is 16.1 Å². The van der Waals surface area contributed by atoms with E-state index in [-0.39, 0.29) is 11.9 Å². The molecule has 1 atom stereocenters. The number of halogens is 1. The first kappa shape index (κ1) is 19.0. The lowest BCUT2D eigenvalue weighted by Crippen LogP contribution is -2.37. The minimum atomic E-state index is -0.597. The van der Waals surface area contributed by atoms with Crippen LogP contribution in [0.4, 0.5) is 0 Å². The van der Waals surface area contributed by atoms with E-state index in [0.717, 1.165) is 10.0 Å². The Hall–Kier alpha value is -2.34. The van der Waals surface area contributed by atoms with E-state index in [1.807, 2.05) is 12.1 Å². The van der Waals surface area contributed by atoms with Gasteiger partial charge in [0, 0.05) is 18.1 Å². The van der Waals surface area contributed by atoms with Crippen LogP contribution in [0, 0.1) is 0 Å². The van der Waals surface area contributed by atoms with E-state index in [4.69, 9.17) is 4.74 Å². The molecular weight excluding hydrogens is 386 g/mol. The first-order valence-electron chi connectivity index (χ1n) is 7.75. The molecule has 2 rings (SSSR count). The van der Waals surface area contributed by atoms with Crippen LogP contribution >= 0.6 is 15.9 Å². The molecule has 1 unspecified atom stereocenters. The Labute approximate surface area is 155 Å². The molecule has 0 aromatic heterocycles. The summed E-state index contributed by atoms with van der Waals surface area (Å²) >= 11 is 3.36. The van der Waals surface area contributed by atoms with Gasteiger partial charge in [-0.1, -0.05) is 28.1 Å². The predicted octanol–water partition coefficient (Wildman–Crippen LogP) is 3.66. The summed E-state index contributed by atoms with van der Waals surface area (Å²) in [6.45, 7) is 2.15. The van der Waals surface area contributed by atoms with Crippen LogP contribution in [0.2, 0.25) is 0 Å². The third-order valence-electron chi connectivity index (χ3n) is 3.65. The van der Waals surface area contributed by atoms with Gasteiger partial charge in [0.25, 0.3) is 5.91 Å². The van der Waals surface area contributed by atoms with Gasteiger partial charge < -0.3 is 14.4 Å². The number of hydrogen-bond donors (Lipinski definition) is 0. The molecule has 0 radical (unpaired) electrons. The van der Waals surface area contributed by atoms with Crippen LogP contribution in [0.1, 0.15) is 22.8 Å². The molecule has 0 saturated heterocycles. The molecule has 6 heteroatoms. The van der Waals surface area contributed by atoms with Crippen molar-refractivity contribution in [3.8, 4) is 5.75 Å². The first-order valence-corrected chi connectivity index (χ1v) is 8.54. The molecule has 0 N–H and O–H groups in total. The van der Waals surface area contributed by atoms with Crippen LogP contribution < -0.4 is 4.74 Å². The average Bonchev–Trinajstić information content (AvgIpc) is 2.62. The molecule has 2 aromatic carbocycles. The summed E-state index contributed by atoms with van der Waals surface area (Å²) < 4.78 is 11.3. The summed E-state index contributed by atoms with van der Waals surface area (Å²) in [6.07, 6.45) is -0.597. The summed E-state index contributed by atoms with van der Waals surface area (Å²) in [4.78, 5) is 25.5. The summed E-state index contributed by atoms with van der Waals surface area (Å²) in [5.74, 6) is 0.132. The van der Waals surface area contributed by atoms with Crippen LogP contribution in [0.15, 0.2) is 53.0 Å². The molecule has 132 valence electrons. The number of benzene rings is 2. The second-order valence-corrected chi connectivity index (χ2v) is 6.51. The minimum absolute atomic E-state index is 0.125. The summed E-state index contributed by atoms with van der Waals surface area (Å²) in [5, 5.41) is 0. The SMILES string of the molecule is COC(=O)c1ccc(CN(C)C(=O)C(C)Oc2ccc(Br)cc2)cc1. The van der Waals surface area contributed by atoms with E-state index in [9.17, 15) is 9.59 Å². The fraction of sp³-hybridized carbons (Fsp3) is 0.263. The highest BCUT2D eigenvalue weighted by Gasteiger charge is 2.19. The van der Waals surface area contributed by atoms with Crippen LogP contribution in [0.5, 0.6) is 5.75 Å². The number of ether oxygens (including phenoxy) is 2. The highest BCUT2D eigenvalue weighted by atomic mass is 79.9. The lowest BCUT2D eigenvalue weighted by Gasteiger charge is -2.22. The van der Waals surface area contributed by atoms with Gasteiger partial charge in [-0.05, 0) is 48.9 Å². The quantitative estimate of drug-likeness (QED) is 0.688. The van der Waals surface area contributed by atoms with E-state index in [1.165, 1.54) is 7.11 Å². The predicted molar refractivity (Wildman–Crippen MR) is 98.5 cm³/mol. The number of nitrogens with zero attached hydrogens (tertiary/aromatic N) is 1. The van der Waals surface area contributed by atoms with Crippen molar-refractivity contribution < 1.29 is 19.1 Å². The number of esters is 1. The van der Waals surface area contributed by atoms with Gasteiger partial charge >= 0.3 is 5.97 Å². The molecule has 5 nitrogen and oxygen atoms in total. The molecule has 0 spiro atoms. The average molecular weight is 406 g/mol. The molecule has 1 amide bonds. The normalized spacial score (nSPS) is 11.5. The second kappa shape index (κ2) is 8.67. The maximum Gasteiger partial charge on any atom is 0.337 e. The smallest absolute Gasteiger partial charge is 0.337 e. The molecule has 0 fully saturated rings. The lowest BCUT2D eigenvalue weighted by atomic mass is 10.1. The van der Waals surface area contributed by atoms with E-state index in [0.29, 0.717) is 17.9 Å². The van der Waals surface area contributed by atoms with E-state index in [1.54, 1.807) is 55.3 Å². The molecule has 0 bridgehead atoms. The van der Waals surface area contributed by atoms with Gasteiger partial charge in [-0.25, -0.2) is 4.79 Å². The molecule has 25 heavy (non-hydrogen) atoms. The van der Waals surface area contributed by atoms with Crippen LogP contribution in [0.3, 0.4) is 0 Å². The van der Waals surface area contributed by atoms with E-state index >= 15 is 0 Å². The Morgan fingerprint density at radius 1 is 1.08 bits per heavy atom. The maximum absolute atomic E-state index is 12.5. The van der Waals surface area contributed by atoms with E-state index in [2.05, 4.69) is 20.7 Å². The number of carbonyl (C=O) groups excluding carboxylic acids is 2. The van der Waals surface area contributed by atoms with Gasteiger partial charge in [-0.15, -0.1) is 0 Å². The third kappa shape index (κ3) is 5.32. The number of methoxy groups -OCH3 is 1. The Morgan fingerprint density at radius 2 is 1.68 bits per heavy atom. The molecule has 0 aliphatic rings. The van der Waals surface area contributed by atoms with Gasteiger partial charge in [0.2, 0.25) is 0 Å². The Balaban J connectivity index is 1.94. The van der Waals surface area contributed by atoms with Crippen molar-refractivity contribution in [2.75, 3.05) is 14.2 Å². The molecule has 0 saturated carbocycles. The van der Waals surface area contributed by atoms with Crippen molar-refractivity contribution in [1.82, 2.24) is 4.90 Å². The van der Waals surface area contributed by atoms with Gasteiger partial charge in [0.15, 0.2) is 6.10 Å². The van der Waals surface area contributed by atoms with Gasteiger partial charge in [0.1, 0.15) is 5.75 Å². The highest BCUT2D eigenvalue weighted by Crippen LogP contribution is 2.18. The zero-order valence-corrected chi connectivity index (χ0v) is 15.9. The van der Waals surface area contributed by atoms with Gasteiger partial charge in [-0.3, -0.25) is 4.79 Å². The zero-order valence-electron chi connectivity index (χ0n) is 14.4. The summed E-state index contributed by atoms with van der Waals surface area (Å²) in [5.41, 5.74) is 1.39. The fourth-order valence-electron chi connectivity index (χ4n) is 2.29. The van der Waals surface area contributed by atoms with Crippen molar-refractivity contribution in [3.05, 3.63) is 64.1 Å². The third-order valence-corrected chi connectivity index (χ3v) is 4.17. The van der Waals surface area contributed by atoms with Gasteiger partial charge in [0.05, 0.1) is 12.7 Å². The molecule has 0 heterocycles. The van der Waals surface area contributed by atoms with Crippen LogP contribution in [0.25, 0.3) is 0 Å². The number of carbonyl (C=O) groups is 2. The van der Waals surface area contributed by atoms with Crippen molar-refractivity contribution >= 4 is 27.8 Å². The highest BCUT2D eigenvalue weighted by molar-refractivity contribution is 9.10. The lowest BCUT2D eigenvalue weighted by molar-refractivity contribution is -0.137. The Bertz CT molecular complexity index is 728. The van der Waals surface area contributed by atoms with Crippen LogP contribution in [-0.4, -0.2) is 37.0 Å². The monoisotopic (exact) mass is 405 g/mol. The fourth-order valence-corrected chi connectivity index (χ4v) is 2.56. The minimum Gasteiger partial charge on any atom is -0.481 e. The number of hydrogen-bond acceptors (Lipinski definition) is 4. The Kier molecular flexibility index (Phi) is 6.58. The van der Waals surface area contributed by atoms with E-state index < -0.39 is 6.10 Å². The Morgan fingerprint density at radius 3 is 2.24 bits per heavy atom. The van der Waals surface area contributed by atoms with Crippen molar-refractivity contribution in [2.45, 2.75) is 19.6 Å². The second-order valence-electron chi connectivity index (χ2n) is 5.60. The van der Waals surface area contributed by atoms with Crippen molar-refractivity contribution in [1.29, 1.82) is 0 Å². The zero-order chi connectivity index (χ0) is 18.4. The van der Waals surface area contributed by atoms with Crippen molar-refractivity contribution in [3.63, 3.8) is 0 Å². The molecule has 0 aliphatic heterocycles. The molecule has 0 aliphatic carbocycles. The summed E-state index contributed by atoms with van der Waals surface area (Å²) in [6, 6.07) is 14.3. The van der Waals surface area contributed by atoms with Crippen molar-refractivity contribution in [2.24, 2.45) is 0 Å². The standard InChI is InChI=1S/C19H20BrNO4/c1-13(25-17-10-8-16(20)9-11-17)18(22)21(2)12-14-4-6-15(7-5-14)19(23)24-3/h4-11,13H,12H2,1-3H3. The number of amides is 1. The number of rotatable bonds is 6. The topological polar surface area (TPSA) is 55.8 Å². The maximum atomic E-state index is 12.5. The molecule has 2 aromatic rings. The summed E-state index contributed by atoms with van der Waals surface area (Å²) in [7, 11) is 3.06. The van der Waals surface area contributed by atoms with Gasteiger partial charge in [-0.2, -0.15) is 0 Å². The number of likely N-dealkylation sites (N-methyl/N-ethyl adjacent to an activating group) is 1. The largest absolute Gasteiger partial charge is 0.481 e. The first-order chi connectivity index (χ1) is 11.9. The molecular formula is C19H20BrNO4.